The molecule has 1 aromatic carbocycles. The maximum Gasteiger partial charge on any atom is 0.228 e. The average molecular weight is 212 g/mol. The van der Waals surface area contributed by atoms with Gasteiger partial charge in [-0.3, -0.25) is 10.1 Å². The Kier molecular flexibility index (Phi) is 1.71. The van der Waals surface area contributed by atoms with Crippen molar-refractivity contribution in [2.24, 2.45) is 0 Å². The minimum Gasteiger partial charge on any atom is -0.309 e. The van der Waals surface area contributed by atoms with Crippen molar-refractivity contribution in [3.8, 4) is 6.07 Å². The van der Waals surface area contributed by atoms with E-state index in [1.54, 1.807) is 12.1 Å². The summed E-state index contributed by atoms with van der Waals surface area (Å²) in [5, 5.41) is 11.5. The number of nitrogens with one attached hydrogen (secondary N) is 1. The van der Waals surface area contributed by atoms with Gasteiger partial charge in [0.05, 0.1) is 22.7 Å². The Balaban J connectivity index is 2.25. The smallest absolute Gasteiger partial charge is 0.228 e. The Labute approximate surface area is 91.3 Å². The van der Waals surface area contributed by atoms with Crippen LogP contribution in [0, 0.1) is 11.3 Å². The van der Waals surface area contributed by atoms with Crippen molar-refractivity contribution in [3.05, 3.63) is 23.8 Å². The van der Waals surface area contributed by atoms with Gasteiger partial charge in [-0.2, -0.15) is 5.26 Å². The third-order valence-electron chi connectivity index (χ3n) is 2.69. The summed E-state index contributed by atoms with van der Waals surface area (Å²) in [6.45, 7) is 0.642. The third kappa shape index (κ3) is 1.17. The number of anilines is 1. The zero-order valence-corrected chi connectivity index (χ0v) is 8.40. The number of carbonyl (C=O) groups is 1. The second-order valence-corrected chi connectivity index (χ2v) is 3.70. The molecule has 78 valence electrons. The van der Waals surface area contributed by atoms with Gasteiger partial charge in [-0.1, -0.05) is 0 Å². The molecule has 2 heterocycles. The molecular weight excluding hydrogens is 204 g/mol. The van der Waals surface area contributed by atoms with Crippen molar-refractivity contribution < 1.29 is 4.79 Å². The van der Waals surface area contributed by atoms with E-state index in [1.807, 2.05) is 10.6 Å². The first-order chi connectivity index (χ1) is 7.78. The highest BCUT2D eigenvalue weighted by atomic mass is 16.1. The maximum atomic E-state index is 11.2. The van der Waals surface area contributed by atoms with Crippen molar-refractivity contribution in [1.29, 1.82) is 5.26 Å². The molecule has 0 radical (unpaired) electrons. The highest BCUT2D eigenvalue weighted by Gasteiger charge is 2.18. The number of aryl methyl sites for hydroxylation is 1. The lowest BCUT2D eigenvalue weighted by molar-refractivity contribution is -0.116. The summed E-state index contributed by atoms with van der Waals surface area (Å²) in [7, 11) is 0. The minimum absolute atomic E-state index is 0.0108. The Hall–Kier alpha value is -2.35. The van der Waals surface area contributed by atoms with Gasteiger partial charge in [-0.15, -0.1) is 0 Å². The third-order valence-corrected chi connectivity index (χ3v) is 2.69. The first-order valence-corrected chi connectivity index (χ1v) is 4.98. The highest BCUT2D eigenvalue weighted by Crippen LogP contribution is 2.23. The van der Waals surface area contributed by atoms with Gasteiger partial charge in [0.2, 0.25) is 11.9 Å². The second kappa shape index (κ2) is 3.07. The van der Waals surface area contributed by atoms with Crippen molar-refractivity contribution in [3.63, 3.8) is 0 Å². The summed E-state index contributed by atoms with van der Waals surface area (Å²) >= 11 is 0. The van der Waals surface area contributed by atoms with Crippen LogP contribution in [0.2, 0.25) is 0 Å². The van der Waals surface area contributed by atoms with Crippen molar-refractivity contribution in [2.75, 3.05) is 5.32 Å². The number of rotatable bonds is 0. The van der Waals surface area contributed by atoms with Crippen LogP contribution in [0.3, 0.4) is 0 Å². The molecule has 0 bridgehead atoms. The van der Waals surface area contributed by atoms with E-state index in [4.69, 9.17) is 5.26 Å². The van der Waals surface area contributed by atoms with Gasteiger partial charge in [0, 0.05) is 13.0 Å². The molecule has 0 atom stereocenters. The average Bonchev–Trinajstić information content (AvgIpc) is 2.64. The van der Waals surface area contributed by atoms with Gasteiger partial charge in [0.15, 0.2) is 0 Å². The molecule has 0 fully saturated rings. The quantitative estimate of drug-likeness (QED) is 0.714. The second-order valence-electron chi connectivity index (χ2n) is 3.70. The number of amides is 1. The van der Waals surface area contributed by atoms with Crippen LogP contribution in [0.5, 0.6) is 0 Å². The van der Waals surface area contributed by atoms with Gasteiger partial charge in [-0.25, -0.2) is 4.98 Å². The van der Waals surface area contributed by atoms with Crippen LogP contribution >= 0.6 is 0 Å². The van der Waals surface area contributed by atoms with Crippen LogP contribution < -0.4 is 5.32 Å². The number of hydrogen-bond donors (Lipinski definition) is 1. The van der Waals surface area contributed by atoms with Gasteiger partial charge in [0.1, 0.15) is 0 Å². The lowest BCUT2D eigenvalue weighted by atomic mass is 10.2. The Morgan fingerprint density at radius 3 is 3.19 bits per heavy atom. The molecule has 1 aliphatic rings. The van der Waals surface area contributed by atoms with E-state index in [0.717, 1.165) is 11.0 Å². The molecule has 1 aromatic heterocycles. The van der Waals surface area contributed by atoms with Gasteiger partial charge < -0.3 is 4.57 Å². The van der Waals surface area contributed by atoms with E-state index in [9.17, 15) is 4.79 Å². The molecule has 0 aliphatic carbocycles. The molecule has 0 saturated carbocycles. The number of benzene rings is 1. The molecule has 1 amide bonds. The van der Waals surface area contributed by atoms with Gasteiger partial charge in [-0.05, 0) is 18.2 Å². The first-order valence-electron chi connectivity index (χ1n) is 4.98. The summed E-state index contributed by atoms with van der Waals surface area (Å²) in [5.41, 5.74) is 2.28. The van der Waals surface area contributed by atoms with Crippen LogP contribution in [0.1, 0.15) is 12.0 Å². The number of imidazole rings is 1. The van der Waals surface area contributed by atoms with E-state index in [1.165, 1.54) is 0 Å². The van der Waals surface area contributed by atoms with E-state index >= 15 is 0 Å². The Bertz CT molecular complexity index is 635. The largest absolute Gasteiger partial charge is 0.309 e. The fourth-order valence-electron chi connectivity index (χ4n) is 1.92. The summed E-state index contributed by atoms with van der Waals surface area (Å²) in [5.74, 6) is 0.560. The molecule has 16 heavy (non-hydrogen) atoms. The zero-order chi connectivity index (χ0) is 11.1. The predicted octanol–water partition coefficient (Wildman–Crippen LogP) is 1.25. The van der Waals surface area contributed by atoms with E-state index in [0.29, 0.717) is 24.5 Å². The molecule has 5 nitrogen and oxygen atoms in total. The highest BCUT2D eigenvalue weighted by molar-refractivity contribution is 5.93. The van der Waals surface area contributed by atoms with Gasteiger partial charge in [0.25, 0.3) is 0 Å². The SMILES string of the molecule is N#Cc1ccc2c(c1)nc1n2CCC(=O)N1. The molecule has 1 N–H and O–H groups in total. The summed E-state index contributed by atoms with van der Waals surface area (Å²) in [6.07, 6.45) is 0.471. The molecule has 2 aromatic rings. The van der Waals surface area contributed by atoms with E-state index in [2.05, 4.69) is 16.4 Å². The molecule has 0 saturated heterocycles. The topological polar surface area (TPSA) is 70.7 Å². The van der Waals surface area contributed by atoms with Crippen LogP contribution in [-0.4, -0.2) is 15.5 Å². The first kappa shape index (κ1) is 8.92. The molecule has 0 spiro atoms. The summed E-state index contributed by atoms with van der Waals surface area (Å²) < 4.78 is 1.96. The van der Waals surface area contributed by atoms with Crippen LogP contribution in [-0.2, 0) is 11.3 Å². The number of fused-ring (bicyclic) bond motifs is 3. The van der Waals surface area contributed by atoms with Crippen LogP contribution in [0.25, 0.3) is 11.0 Å². The Morgan fingerprint density at radius 1 is 1.50 bits per heavy atom. The minimum atomic E-state index is -0.0108. The van der Waals surface area contributed by atoms with E-state index < -0.39 is 0 Å². The van der Waals surface area contributed by atoms with Crippen LogP contribution in [0.4, 0.5) is 5.95 Å². The molecule has 1 aliphatic heterocycles. The van der Waals surface area contributed by atoms with Gasteiger partial charge >= 0.3 is 0 Å². The molecular formula is C11H8N4O. The normalized spacial score (nSPS) is 14.3. The van der Waals surface area contributed by atoms with Crippen molar-refractivity contribution in [2.45, 2.75) is 13.0 Å². The number of hydrogen-bond acceptors (Lipinski definition) is 3. The lowest BCUT2D eigenvalue weighted by Gasteiger charge is -2.14. The standard InChI is InChI=1S/C11H8N4O/c12-6-7-1-2-9-8(5-7)13-11-14-10(16)3-4-15(9)11/h1-2,5H,3-4H2,(H,13,14,16). The number of nitrogens with zero attached hydrogens (tertiary/aromatic N) is 3. The molecule has 0 unspecified atom stereocenters. The van der Waals surface area contributed by atoms with Crippen molar-refractivity contribution >= 4 is 22.9 Å². The molecule has 3 rings (SSSR count). The van der Waals surface area contributed by atoms with Crippen LogP contribution in [0.15, 0.2) is 18.2 Å². The number of carbonyl (C=O) groups excluding carboxylic acids is 1. The summed E-state index contributed by atoms with van der Waals surface area (Å²) in [4.78, 5) is 15.5. The Morgan fingerprint density at radius 2 is 2.38 bits per heavy atom. The molecule has 5 heteroatoms. The summed E-state index contributed by atoms with van der Waals surface area (Å²) in [6, 6.07) is 7.42. The maximum absolute atomic E-state index is 11.2. The monoisotopic (exact) mass is 212 g/mol. The number of aromatic nitrogens is 2. The van der Waals surface area contributed by atoms with Crippen molar-refractivity contribution in [1.82, 2.24) is 9.55 Å². The van der Waals surface area contributed by atoms with E-state index in [-0.39, 0.29) is 5.91 Å². The fourth-order valence-corrected chi connectivity index (χ4v) is 1.92. The predicted molar refractivity (Wildman–Crippen MR) is 57.7 cm³/mol. The number of nitriles is 1. The zero-order valence-electron chi connectivity index (χ0n) is 8.40. The fraction of sp³-hybridized carbons (Fsp3) is 0.182. The lowest BCUT2D eigenvalue weighted by Crippen LogP contribution is -2.23.